The van der Waals surface area contributed by atoms with Crippen molar-refractivity contribution in [2.75, 3.05) is 0 Å². The molecule has 0 aliphatic carbocycles. The average molecular weight is 167 g/mol. The van der Waals surface area contributed by atoms with Crippen molar-refractivity contribution in [3.8, 4) is 0 Å². The molecule has 0 heterocycles. The molecule has 0 aromatic heterocycles. The molecule has 0 rings (SSSR count). The molecule has 0 saturated carbocycles. The Balaban J connectivity index is 3.37. The van der Waals surface area contributed by atoms with Crippen LogP contribution >= 0.6 is 0 Å². The molecule has 1 atom stereocenters. The molecule has 0 heteroatoms. The van der Waals surface area contributed by atoms with Crippen LogP contribution in [0.2, 0.25) is 0 Å². The van der Waals surface area contributed by atoms with Gasteiger partial charge in [-0.1, -0.05) is 53.2 Å². The van der Waals surface area contributed by atoms with E-state index in [1.54, 1.807) is 0 Å². The van der Waals surface area contributed by atoms with Crippen molar-refractivity contribution in [3.63, 3.8) is 0 Å². The topological polar surface area (TPSA) is 0 Å². The lowest BCUT2D eigenvalue weighted by Gasteiger charge is -2.10. The Labute approximate surface area is 78.1 Å². The predicted octanol–water partition coefficient (Wildman–Crippen LogP) is 4.23. The first kappa shape index (κ1) is 11.7. The van der Waals surface area contributed by atoms with E-state index in [0.29, 0.717) is 11.3 Å². The molecule has 1 unspecified atom stereocenters. The molecule has 1 radical (unpaired) electrons. The van der Waals surface area contributed by atoms with Gasteiger partial charge in [0.1, 0.15) is 0 Å². The van der Waals surface area contributed by atoms with Gasteiger partial charge < -0.3 is 0 Å². The maximum atomic E-state index is 3.96. The fourth-order valence-electron chi connectivity index (χ4n) is 1.02. The highest BCUT2D eigenvalue weighted by Crippen LogP contribution is 2.15. The third-order valence-electron chi connectivity index (χ3n) is 1.69. The molecule has 0 fully saturated rings. The first-order valence-corrected chi connectivity index (χ1v) is 4.92. The van der Waals surface area contributed by atoms with Gasteiger partial charge in [0.25, 0.3) is 0 Å². The van der Waals surface area contributed by atoms with E-state index in [2.05, 4.69) is 46.8 Å². The van der Waals surface area contributed by atoms with E-state index >= 15 is 0 Å². The summed E-state index contributed by atoms with van der Waals surface area (Å²) < 4.78 is 0. The molecule has 12 heavy (non-hydrogen) atoms. The van der Waals surface area contributed by atoms with Crippen LogP contribution < -0.4 is 0 Å². The Bertz CT molecular complexity index is 123. The van der Waals surface area contributed by atoms with Crippen LogP contribution in [-0.4, -0.2) is 0 Å². The minimum Gasteiger partial charge on any atom is -0.0880 e. The minimum absolute atomic E-state index is 0.343. The van der Waals surface area contributed by atoms with Crippen LogP contribution in [0.3, 0.4) is 0 Å². The molecule has 0 nitrogen and oxygen atoms in total. The van der Waals surface area contributed by atoms with Crippen LogP contribution in [0.4, 0.5) is 0 Å². The van der Waals surface area contributed by atoms with Gasteiger partial charge in [-0.2, -0.15) is 0 Å². The molecule has 0 aromatic rings. The van der Waals surface area contributed by atoms with Gasteiger partial charge in [-0.05, 0) is 24.2 Å². The zero-order valence-corrected chi connectivity index (χ0v) is 9.06. The highest BCUT2D eigenvalue weighted by atomic mass is 14.1. The molecule has 71 valence electrons. The SMILES string of the molecule is [CH2]C(C)CCC/C=C/C(C)(C)C. The van der Waals surface area contributed by atoms with Crippen LogP contribution in [0.15, 0.2) is 12.2 Å². The molecule has 0 spiro atoms. The van der Waals surface area contributed by atoms with Gasteiger partial charge in [0.05, 0.1) is 0 Å². The maximum Gasteiger partial charge on any atom is -0.0203 e. The third kappa shape index (κ3) is 9.74. The van der Waals surface area contributed by atoms with Gasteiger partial charge in [0, 0.05) is 0 Å². The van der Waals surface area contributed by atoms with E-state index in [9.17, 15) is 0 Å². The van der Waals surface area contributed by atoms with E-state index in [4.69, 9.17) is 0 Å². The van der Waals surface area contributed by atoms with Gasteiger partial charge in [-0.15, -0.1) is 0 Å². The highest BCUT2D eigenvalue weighted by Gasteiger charge is 2.02. The van der Waals surface area contributed by atoms with E-state index in [0.717, 1.165) is 0 Å². The van der Waals surface area contributed by atoms with Gasteiger partial charge in [-0.3, -0.25) is 0 Å². The zero-order valence-electron chi connectivity index (χ0n) is 9.06. The second kappa shape index (κ2) is 5.40. The normalized spacial score (nSPS) is 13.2. The van der Waals surface area contributed by atoms with Gasteiger partial charge in [0.2, 0.25) is 0 Å². The van der Waals surface area contributed by atoms with Crippen LogP contribution in [-0.2, 0) is 0 Å². The number of unbranched alkanes of at least 4 members (excludes halogenated alkanes) is 1. The lowest BCUT2D eigenvalue weighted by molar-refractivity contribution is 0.539. The smallest absolute Gasteiger partial charge is 0.0203 e. The summed E-state index contributed by atoms with van der Waals surface area (Å²) in [5.41, 5.74) is 0.343. The Morgan fingerprint density at radius 3 is 2.33 bits per heavy atom. The number of hydrogen-bond acceptors (Lipinski definition) is 0. The number of rotatable bonds is 4. The summed E-state index contributed by atoms with van der Waals surface area (Å²) in [6, 6.07) is 0. The van der Waals surface area contributed by atoms with Crippen LogP contribution in [0.1, 0.15) is 47.0 Å². The summed E-state index contributed by atoms with van der Waals surface area (Å²) in [4.78, 5) is 0. The summed E-state index contributed by atoms with van der Waals surface area (Å²) in [6.45, 7) is 12.8. The van der Waals surface area contributed by atoms with Crippen molar-refractivity contribution in [2.24, 2.45) is 11.3 Å². The van der Waals surface area contributed by atoms with E-state index in [1.807, 2.05) is 0 Å². The van der Waals surface area contributed by atoms with Gasteiger partial charge in [0.15, 0.2) is 0 Å². The van der Waals surface area contributed by atoms with Crippen molar-refractivity contribution >= 4 is 0 Å². The zero-order chi connectivity index (χ0) is 9.61. The van der Waals surface area contributed by atoms with E-state index in [1.165, 1.54) is 19.3 Å². The van der Waals surface area contributed by atoms with Crippen LogP contribution in [0.5, 0.6) is 0 Å². The monoisotopic (exact) mass is 167 g/mol. The van der Waals surface area contributed by atoms with Crippen molar-refractivity contribution in [2.45, 2.75) is 47.0 Å². The Hall–Kier alpha value is -0.260. The summed E-state index contributed by atoms with van der Waals surface area (Å²) >= 11 is 0. The Kier molecular flexibility index (Phi) is 5.28. The Morgan fingerprint density at radius 2 is 1.92 bits per heavy atom. The largest absolute Gasteiger partial charge is 0.0880 e. The average Bonchev–Trinajstić information content (AvgIpc) is 1.83. The third-order valence-corrected chi connectivity index (χ3v) is 1.69. The molecule has 0 amide bonds. The second-order valence-electron chi connectivity index (χ2n) is 4.80. The summed E-state index contributed by atoms with van der Waals surface area (Å²) in [5, 5.41) is 0. The molecule has 0 aliphatic rings. The standard InChI is InChI=1S/C12H23/c1-11(2)9-7-6-8-10-12(3,4)5/h8,10-11H,1,6-7,9H2,2-5H3/b10-8+. The van der Waals surface area contributed by atoms with Gasteiger partial charge >= 0.3 is 0 Å². The first-order valence-electron chi connectivity index (χ1n) is 4.92. The maximum absolute atomic E-state index is 3.96. The van der Waals surface area contributed by atoms with Crippen molar-refractivity contribution in [1.29, 1.82) is 0 Å². The van der Waals surface area contributed by atoms with Crippen molar-refractivity contribution in [3.05, 3.63) is 19.1 Å². The van der Waals surface area contributed by atoms with Crippen LogP contribution in [0, 0.1) is 18.3 Å². The summed E-state index contributed by atoms with van der Waals surface area (Å²) in [5.74, 6) is 0.605. The lowest BCUT2D eigenvalue weighted by atomic mass is 9.95. The lowest BCUT2D eigenvalue weighted by Crippen LogP contribution is -1.98. The van der Waals surface area contributed by atoms with Gasteiger partial charge in [-0.25, -0.2) is 0 Å². The predicted molar refractivity (Wildman–Crippen MR) is 57.0 cm³/mol. The molecule has 0 saturated heterocycles. The van der Waals surface area contributed by atoms with Crippen molar-refractivity contribution in [1.82, 2.24) is 0 Å². The molecular weight excluding hydrogens is 144 g/mol. The second-order valence-corrected chi connectivity index (χ2v) is 4.80. The summed E-state index contributed by atoms with van der Waals surface area (Å²) in [6.07, 6.45) is 8.31. The number of allylic oxidation sites excluding steroid dienone is 2. The van der Waals surface area contributed by atoms with E-state index in [-0.39, 0.29) is 0 Å². The highest BCUT2D eigenvalue weighted by molar-refractivity contribution is 4.91. The van der Waals surface area contributed by atoms with E-state index < -0.39 is 0 Å². The number of hydrogen-bond donors (Lipinski definition) is 0. The van der Waals surface area contributed by atoms with Crippen molar-refractivity contribution < 1.29 is 0 Å². The quantitative estimate of drug-likeness (QED) is 0.434. The minimum atomic E-state index is 0.343. The molecule has 0 aliphatic heterocycles. The molecule has 0 aromatic carbocycles. The molecule has 0 N–H and O–H groups in total. The first-order chi connectivity index (χ1) is 5.42. The fraction of sp³-hybridized carbons (Fsp3) is 0.750. The summed E-state index contributed by atoms with van der Waals surface area (Å²) in [7, 11) is 0. The Morgan fingerprint density at radius 1 is 1.33 bits per heavy atom. The molecular formula is C12H23. The van der Waals surface area contributed by atoms with Crippen LogP contribution in [0.25, 0.3) is 0 Å². The fourth-order valence-corrected chi connectivity index (χ4v) is 1.02. The molecule has 0 bridgehead atoms.